The molecule has 0 radical (unpaired) electrons. The molecule has 0 atom stereocenters. The number of aryl methyl sites for hydroxylation is 1. The van der Waals surface area contributed by atoms with Crippen LogP contribution in [-0.4, -0.2) is 21.9 Å². The Morgan fingerprint density at radius 1 is 1.24 bits per heavy atom. The summed E-state index contributed by atoms with van der Waals surface area (Å²) < 4.78 is 14.1. The predicted molar refractivity (Wildman–Crippen MR) is 105 cm³/mol. The Balaban J connectivity index is 1.96. The lowest BCUT2D eigenvalue weighted by Crippen LogP contribution is -2.31. The van der Waals surface area contributed by atoms with Gasteiger partial charge < -0.3 is 0 Å². The Morgan fingerprint density at radius 3 is 2.62 bits per heavy atom. The number of amides is 1. The van der Waals surface area contributed by atoms with Crippen LogP contribution in [0.2, 0.25) is 0 Å². The first-order chi connectivity index (χ1) is 13.9. The van der Waals surface area contributed by atoms with Crippen LogP contribution >= 0.6 is 0 Å². The minimum atomic E-state index is -0.698. The van der Waals surface area contributed by atoms with Crippen LogP contribution in [0.5, 0.6) is 0 Å². The monoisotopic (exact) mass is 389 g/mol. The second-order valence-electron chi connectivity index (χ2n) is 6.27. The van der Waals surface area contributed by atoms with Gasteiger partial charge in [0, 0.05) is 5.56 Å². The number of nitrogens with zero attached hydrogens (tertiary/aromatic N) is 4. The molecule has 2 aromatic carbocycles. The Labute approximate surface area is 165 Å². The quantitative estimate of drug-likeness (QED) is 0.548. The fraction of sp³-hybridized carbons (Fsp3) is 0.0952. The molecule has 1 N–H and O–H groups in total. The van der Waals surface area contributed by atoms with Gasteiger partial charge in [0.25, 0.3) is 11.5 Å². The Bertz CT molecular complexity index is 1210. The van der Waals surface area contributed by atoms with Crippen LogP contribution in [0.15, 0.2) is 58.4 Å². The number of hydrogen-bond acceptors (Lipinski definition) is 5. The molecule has 3 aromatic rings. The van der Waals surface area contributed by atoms with E-state index < -0.39 is 17.3 Å². The third kappa shape index (κ3) is 4.25. The molecule has 0 spiro atoms. The Morgan fingerprint density at radius 2 is 1.97 bits per heavy atom. The predicted octanol–water partition coefficient (Wildman–Crippen LogP) is 2.62. The second-order valence-corrected chi connectivity index (χ2v) is 6.27. The Kier molecular flexibility index (Phi) is 5.60. The maximum Gasteiger partial charge on any atom is 0.292 e. The molecule has 1 amide bonds. The summed E-state index contributed by atoms with van der Waals surface area (Å²) in [5, 5.41) is 17.3. The third-order valence-electron chi connectivity index (χ3n) is 4.16. The van der Waals surface area contributed by atoms with Gasteiger partial charge in [-0.3, -0.25) is 9.59 Å². The molecule has 0 aliphatic heterocycles. The van der Waals surface area contributed by atoms with Gasteiger partial charge in [0.2, 0.25) is 0 Å². The van der Waals surface area contributed by atoms with E-state index in [1.807, 2.05) is 31.2 Å². The SMILES string of the molecule is Cc1cccc(/C=N/NC(=O)c2nn(-c3ccc(F)cc3)c(=O)c(C#N)c2C)c1. The number of hydrazone groups is 1. The van der Waals surface area contributed by atoms with Gasteiger partial charge in [0.1, 0.15) is 17.4 Å². The number of rotatable bonds is 4. The number of benzene rings is 2. The molecule has 1 aromatic heterocycles. The zero-order valence-electron chi connectivity index (χ0n) is 15.7. The highest BCUT2D eigenvalue weighted by atomic mass is 19.1. The van der Waals surface area contributed by atoms with E-state index in [1.165, 1.54) is 25.3 Å². The molecule has 29 heavy (non-hydrogen) atoms. The van der Waals surface area contributed by atoms with Gasteiger partial charge in [-0.2, -0.15) is 20.1 Å². The van der Waals surface area contributed by atoms with Crippen molar-refractivity contribution in [1.29, 1.82) is 5.26 Å². The van der Waals surface area contributed by atoms with E-state index in [0.29, 0.717) is 0 Å². The van der Waals surface area contributed by atoms with E-state index in [9.17, 15) is 19.2 Å². The number of halogens is 1. The molecule has 3 rings (SSSR count). The lowest BCUT2D eigenvalue weighted by molar-refractivity contribution is 0.0947. The summed E-state index contributed by atoms with van der Waals surface area (Å²) in [6.07, 6.45) is 1.47. The molecule has 0 unspecified atom stereocenters. The summed E-state index contributed by atoms with van der Waals surface area (Å²) in [5.41, 5.74) is 3.50. The molecule has 0 aliphatic rings. The van der Waals surface area contributed by atoms with Gasteiger partial charge in [-0.1, -0.05) is 29.8 Å². The average Bonchev–Trinajstić information content (AvgIpc) is 2.69. The third-order valence-corrected chi connectivity index (χ3v) is 4.16. The van der Waals surface area contributed by atoms with Gasteiger partial charge in [-0.25, -0.2) is 9.82 Å². The molecule has 0 bridgehead atoms. The van der Waals surface area contributed by atoms with Crippen molar-refractivity contribution in [2.24, 2.45) is 5.10 Å². The number of nitrogens with one attached hydrogen (secondary N) is 1. The van der Waals surface area contributed by atoms with Gasteiger partial charge >= 0.3 is 0 Å². The minimum Gasteiger partial charge on any atom is -0.266 e. The molecule has 0 saturated carbocycles. The first-order valence-electron chi connectivity index (χ1n) is 8.60. The smallest absolute Gasteiger partial charge is 0.266 e. The first kappa shape index (κ1) is 19.6. The van der Waals surface area contributed by atoms with Gasteiger partial charge in [0.05, 0.1) is 11.9 Å². The summed E-state index contributed by atoms with van der Waals surface area (Å²) >= 11 is 0. The zero-order chi connectivity index (χ0) is 21.0. The number of carbonyl (C=O) groups excluding carboxylic acids is 1. The summed E-state index contributed by atoms with van der Waals surface area (Å²) in [5.74, 6) is -1.17. The van der Waals surface area contributed by atoms with E-state index in [1.54, 1.807) is 6.07 Å². The lowest BCUT2D eigenvalue weighted by Gasteiger charge is -2.10. The largest absolute Gasteiger partial charge is 0.292 e. The Hall–Kier alpha value is -4.12. The normalized spacial score (nSPS) is 10.7. The van der Waals surface area contributed by atoms with Crippen molar-refractivity contribution in [1.82, 2.24) is 15.2 Å². The van der Waals surface area contributed by atoms with Crippen molar-refractivity contribution < 1.29 is 9.18 Å². The molecule has 144 valence electrons. The molecular formula is C21H16FN5O2. The summed E-state index contributed by atoms with van der Waals surface area (Å²) in [7, 11) is 0. The number of aromatic nitrogens is 2. The first-order valence-corrected chi connectivity index (χ1v) is 8.60. The maximum atomic E-state index is 13.2. The van der Waals surface area contributed by atoms with E-state index in [0.717, 1.165) is 27.9 Å². The zero-order valence-corrected chi connectivity index (χ0v) is 15.7. The highest BCUT2D eigenvalue weighted by Crippen LogP contribution is 2.11. The fourth-order valence-corrected chi connectivity index (χ4v) is 2.68. The lowest BCUT2D eigenvalue weighted by atomic mass is 10.1. The van der Waals surface area contributed by atoms with Crippen LogP contribution in [0, 0.1) is 31.0 Å². The van der Waals surface area contributed by atoms with Crippen LogP contribution in [0.1, 0.15) is 32.7 Å². The van der Waals surface area contributed by atoms with E-state index in [2.05, 4.69) is 15.6 Å². The molecule has 7 nitrogen and oxygen atoms in total. The van der Waals surface area contributed by atoms with E-state index in [4.69, 9.17) is 0 Å². The minimum absolute atomic E-state index is 0.133. The summed E-state index contributed by atoms with van der Waals surface area (Å²) in [6, 6.07) is 14.3. The van der Waals surface area contributed by atoms with Crippen LogP contribution in [0.4, 0.5) is 4.39 Å². The summed E-state index contributed by atoms with van der Waals surface area (Å²) in [6.45, 7) is 3.40. The number of hydrogen-bond donors (Lipinski definition) is 1. The average molecular weight is 389 g/mol. The van der Waals surface area contributed by atoms with Crippen molar-refractivity contribution in [3.05, 3.63) is 92.6 Å². The van der Waals surface area contributed by atoms with Crippen LogP contribution in [0.3, 0.4) is 0 Å². The molecule has 0 aliphatic carbocycles. The van der Waals surface area contributed by atoms with Crippen molar-refractivity contribution in [2.75, 3.05) is 0 Å². The topological polar surface area (TPSA) is 100 Å². The molecule has 8 heteroatoms. The van der Waals surface area contributed by atoms with Crippen molar-refractivity contribution in [3.63, 3.8) is 0 Å². The summed E-state index contributed by atoms with van der Waals surface area (Å²) in [4.78, 5) is 25.1. The molecule has 0 saturated heterocycles. The van der Waals surface area contributed by atoms with Crippen molar-refractivity contribution >= 4 is 12.1 Å². The molecular weight excluding hydrogens is 373 g/mol. The second kappa shape index (κ2) is 8.27. The van der Waals surface area contributed by atoms with Crippen LogP contribution < -0.4 is 11.0 Å². The molecule has 1 heterocycles. The maximum absolute atomic E-state index is 13.2. The van der Waals surface area contributed by atoms with Crippen molar-refractivity contribution in [2.45, 2.75) is 13.8 Å². The number of carbonyl (C=O) groups is 1. The van der Waals surface area contributed by atoms with Crippen LogP contribution in [-0.2, 0) is 0 Å². The van der Waals surface area contributed by atoms with E-state index >= 15 is 0 Å². The fourth-order valence-electron chi connectivity index (χ4n) is 2.68. The van der Waals surface area contributed by atoms with Crippen LogP contribution in [0.25, 0.3) is 5.69 Å². The highest BCUT2D eigenvalue weighted by Gasteiger charge is 2.20. The highest BCUT2D eigenvalue weighted by molar-refractivity contribution is 5.94. The van der Waals surface area contributed by atoms with Crippen molar-refractivity contribution in [3.8, 4) is 11.8 Å². The number of nitriles is 1. The molecule has 0 fully saturated rings. The standard InChI is InChI=1S/C21H16FN5O2/c1-13-4-3-5-15(10-13)12-24-25-20(28)19-14(2)18(11-23)21(29)27(26-19)17-8-6-16(22)7-9-17/h3-10,12H,1-2H3,(H,25,28)/b24-12+. The van der Waals surface area contributed by atoms with Gasteiger partial charge in [-0.15, -0.1) is 0 Å². The van der Waals surface area contributed by atoms with Gasteiger partial charge in [-0.05, 0) is 43.7 Å². The van der Waals surface area contributed by atoms with E-state index in [-0.39, 0.29) is 22.5 Å². The van der Waals surface area contributed by atoms with Gasteiger partial charge in [0.15, 0.2) is 5.69 Å².